The minimum absolute atomic E-state index is 0.638. The van der Waals surface area contributed by atoms with E-state index in [1.165, 1.54) is 0 Å². The van der Waals surface area contributed by atoms with E-state index in [4.69, 9.17) is 0 Å². The van der Waals surface area contributed by atoms with Crippen molar-refractivity contribution in [2.75, 3.05) is 10.6 Å². The summed E-state index contributed by atoms with van der Waals surface area (Å²) in [6.07, 6.45) is 0. The lowest BCUT2D eigenvalue weighted by molar-refractivity contribution is -0.133. The monoisotopic (exact) mass is 282 g/mol. The summed E-state index contributed by atoms with van der Waals surface area (Å²) in [5.74, 6) is -1.35. The van der Waals surface area contributed by atoms with E-state index in [2.05, 4.69) is 10.6 Å². The third-order valence-corrected chi connectivity index (χ3v) is 3.45. The maximum Gasteiger partial charge on any atom is 0.314 e. The molecule has 4 nitrogen and oxygen atoms in total. The van der Waals surface area contributed by atoms with Crippen LogP contribution in [-0.4, -0.2) is 11.8 Å². The molecule has 0 atom stereocenters. The van der Waals surface area contributed by atoms with Gasteiger partial charge in [-0.1, -0.05) is 30.3 Å². The molecule has 108 valence electrons. The molecule has 0 fully saturated rings. The van der Waals surface area contributed by atoms with E-state index >= 15 is 0 Å². The smallest absolute Gasteiger partial charge is 0.314 e. The highest BCUT2D eigenvalue weighted by molar-refractivity contribution is 6.43. The van der Waals surface area contributed by atoms with Gasteiger partial charge in [0.2, 0.25) is 0 Å². The van der Waals surface area contributed by atoms with Crippen LogP contribution in [0.1, 0.15) is 16.7 Å². The third kappa shape index (κ3) is 3.48. The van der Waals surface area contributed by atoms with Crippen LogP contribution in [0, 0.1) is 20.8 Å². The second-order valence-electron chi connectivity index (χ2n) is 4.97. The summed E-state index contributed by atoms with van der Waals surface area (Å²) < 4.78 is 0. The van der Waals surface area contributed by atoms with Gasteiger partial charge in [-0.15, -0.1) is 0 Å². The molecule has 0 aliphatic rings. The van der Waals surface area contributed by atoms with Crippen molar-refractivity contribution >= 4 is 23.2 Å². The molecular weight excluding hydrogens is 264 g/mol. The van der Waals surface area contributed by atoms with Crippen LogP contribution in [0.4, 0.5) is 11.4 Å². The summed E-state index contributed by atoms with van der Waals surface area (Å²) in [4.78, 5) is 23.9. The Morgan fingerprint density at radius 3 is 1.90 bits per heavy atom. The molecule has 0 bridgehead atoms. The zero-order valence-corrected chi connectivity index (χ0v) is 12.4. The molecule has 2 aromatic carbocycles. The van der Waals surface area contributed by atoms with Crippen LogP contribution in [0.15, 0.2) is 42.5 Å². The van der Waals surface area contributed by atoms with Crippen LogP contribution in [0.3, 0.4) is 0 Å². The van der Waals surface area contributed by atoms with E-state index in [-0.39, 0.29) is 0 Å². The van der Waals surface area contributed by atoms with Crippen LogP contribution in [0.25, 0.3) is 0 Å². The normalized spacial score (nSPS) is 10.0. The van der Waals surface area contributed by atoms with Crippen molar-refractivity contribution in [3.05, 3.63) is 59.2 Å². The fourth-order valence-electron chi connectivity index (χ4n) is 1.96. The predicted octanol–water partition coefficient (Wildman–Crippen LogP) is 3.19. The average Bonchev–Trinajstić information content (AvgIpc) is 2.46. The quantitative estimate of drug-likeness (QED) is 0.831. The molecule has 0 saturated carbocycles. The third-order valence-electron chi connectivity index (χ3n) is 3.45. The highest BCUT2D eigenvalue weighted by atomic mass is 16.2. The molecule has 2 amide bonds. The fourth-order valence-corrected chi connectivity index (χ4v) is 1.96. The Labute approximate surface area is 124 Å². The molecule has 21 heavy (non-hydrogen) atoms. The van der Waals surface area contributed by atoms with Crippen LogP contribution in [0.5, 0.6) is 0 Å². The largest absolute Gasteiger partial charge is 0.318 e. The molecule has 0 unspecified atom stereocenters. The topological polar surface area (TPSA) is 58.2 Å². The van der Waals surface area contributed by atoms with E-state index in [0.29, 0.717) is 11.4 Å². The Bertz CT molecular complexity index is 693. The molecule has 0 radical (unpaired) electrons. The van der Waals surface area contributed by atoms with Gasteiger partial charge < -0.3 is 10.6 Å². The molecule has 0 heterocycles. The fraction of sp³-hybridized carbons (Fsp3) is 0.176. The number of para-hydroxylation sites is 1. The van der Waals surface area contributed by atoms with Gasteiger partial charge in [0, 0.05) is 11.4 Å². The Hall–Kier alpha value is -2.62. The highest BCUT2D eigenvalue weighted by Crippen LogP contribution is 2.18. The van der Waals surface area contributed by atoms with Gasteiger partial charge in [0.05, 0.1) is 0 Å². The maximum absolute atomic E-state index is 12.0. The molecule has 0 spiro atoms. The van der Waals surface area contributed by atoms with E-state index in [1.54, 1.807) is 12.1 Å². The van der Waals surface area contributed by atoms with Gasteiger partial charge in [-0.05, 0) is 49.6 Å². The number of amides is 2. The summed E-state index contributed by atoms with van der Waals surface area (Å²) >= 11 is 0. The van der Waals surface area contributed by atoms with Crippen molar-refractivity contribution in [2.45, 2.75) is 20.8 Å². The standard InChI is InChI=1S/C17H18N2O2/c1-11-8-6-10-15(13(11)3)19-17(21)16(20)18-14-9-5-4-7-12(14)2/h4-10H,1-3H3,(H,18,20)(H,19,21). The van der Waals surface area contributed by atoms with Crippen LogP contribution in [0.2, 0.25) is 0 Å². The van der Waals surface area contributed by atoms with Gasteiger partial charge in [0.25, 0.3) is 0 Å². The first-order valence-corrected chi connectivity index (χ1v) is 6.73. The molecule has 2 aromatic rings. The SMILES string of the molecule is Cc1ccccc1NC(=O)C(=O)Nc1cccc(C)c1C. The molecular formula is C17H18N2O2. The Morgan fingerprint density at radius 1 is 0.714 bits per heavy atom. The van der Waals surface area contributed by atoms with Crippen molar-refractivity contribution in [3.63, 3.8) is 0 Å². The summed E-state index contributed by atoms with van der Waals surface area (Å²) in [5, 5.41) is 5.25. The summed E-state index contributed by atoms with van der Waals surface area (Å²) in [7, 11) is 0. The van der Waals surface area contributed by atoms with Gasteiger partial charge in [-0.3, -0.25) is 9.59 Å². The van der Waals surface area contributed by atoms with E-state index in [0.717, 1.165) is 16.7 Å². The predicted molar refractivity (Wildman–Crippen MR) is 84.4 cm³/mol. The summed E-state index contributed by atoms with van der Waals surface area (Å²) in [6.45, 7) is 5.74. The van der Waals surface area contributed by atoms with Crippen molar-refractivity contribution in [3.8, 4) is 0 Å². The van der Waals surface area contributed by atoms with Gasteiger partial charge in [-0.2, -0.15) is 0 Å². The van der Waals surface area contributed by atoms with Gasteiger partial charge in [-0.25, -0.2) is 0 Å². The summed E-state index contributed by atoms with van der Waals surface area (Å²) in [6, 6.07) is 12.9. The zero-order chi connectivity index (χ0) is 15.4. The second-order valence-corrected chi connectivity index (χ2v) is 4.97. The van der Waals surface area contributed by atoms with Crippen LogP contribution >= 0.6 is 0 Å². The number of benzene rings is 2. The number of hydrogen-bond donors (Lipinski definition) is 2. The average molecular weight is 282 g/mol. The van der Waals surface area contributed by atoms with Gasteiger partial charge in [0.15, 0.2) is 0 Å². The maximum atomic E-state index is 12.0. The molecule has 0 aliphatic carbocycles. The number of anilines is 2. The minimum atomic E-state index is -0.676. The number of rotatable bonds is 2. The van der Waals surface area contributed by atoms with Crippen molar-refractivity contribution in [1.29, 1.82) is 0 Å². The summed E-state index contributed by atoms with van der Waals surface area (Å²) in [5.41, 5.74) is 4.21. The minimum Gasteiger partial charge on any atom is -0.318 e. The first-order valence-electron chi connectivity index (χ1n) is 6.73. The van der Waals surface area contributed by atoms with Crippen LogP contribution < -0.4 is 10.6 Å². The van der Waals surface area contributed by atoms with Gasteiger partial charge >= 0.3 is 11.8 Å². The molecule has 0 aromatic heterocycles. The van der Waals surface area contributed by atoms with Crippen molar-refractivity contribution in [2.24, 2.45) is 0 Å². The van der Waals surface area contributed by atoms with Gasteiger partial charge in [0.1, 0.15) is 0 Å². The Balaban J connectivity index is 2.08. The van der Waals surface area contributed by atoms with Crippen molar-refractivity contribution < 1.29 is 9.59 Å². The first-order chi connectivity index (χ1) is 9.99. The van der Waals surface area contributed by atoms with E-state index < -0.39 is 11.8 Å². The van der Waals surface area contributed by atoms with E-state index in [9.17, 15) is 9.59 Å². The van der Waals surface area contributed by atoms with E-state index in [1.807, 2.05) is 51.1 Å². The highest BCUT2D eigenvalue weighted by Gasteiger charge is 2.15. The van der Waals surface area contributed by atoms with Crippen LogP contribution in [-0.2, 0) is 9.59 Å². The molecule has 2 N–H and O–H groups in total. The Morgan fingerprint density at radius 2 is 1.24 bits per heavy atom. The zero-order valence-electron chi connectivity index (χ0n) is 12.4. The Kier molecular flexibility index (Phi) is 4.38. The number of aryl methyl sites for hydroxylation is 2. The first kappa shape index (κ1) is 14.8. The lowest BCUT2D eigenvalue weighted by Crippen LogP contribution is -2.29. The molecule has 0 saturated heterocycles. The van der Waals surface area contributed by atoms with Crippen molar-refractivity contribution in [1.82, 2.24) is 0 Å². The molecule has 4 heteroatoms. The lowest BCUT2D eigenvalue weighted by Gasteiger charge is -2.11. The molecule has 0 aliphatic heterocycles. The molecule has 2 rings (SSSR count). The number of nitrogens with one attached hydrogen (secondary N) is 2. The number of hydrogen-bond acceptors (Lipinski definition) is 2. The number of carbonyl (C=O) groups is 2. The second kappa shape index (κ2) is 6.22. The number of carbonyl (C=O) groups excluding carboxylic acids is 2. The lowest BCUT2D eigenvalue weighted by atomic mass is 10.1.